The monoisotopic (exact) mass is 711 g/mol. The summed E-state index contributed by atoms with van der Waals surface area (Å²) < 4.78 is 27.2. The number of esters is 1. The van der Waals surface area contributed by atoms with Crippen LogP contribution in [0.1, 0.15) is 155 Å². The van der Waals surface area contributed by atoms with Crippen LogP contribution in [0.3, 0.4) is 0 Å². The number of rotatable bonds is 29. The van der Waals surface area contributed by atoms with Gasteiger partial charge >= 0.3 is 13.8 Å². The van der Waals surface area contributed by atoms with Gasteiger partial charge in [-0.05, 0) is 12.8 Å². The first kappa shape index (κ1) is 44.9. The molecular formula is C34H66NO12P. The lowest BCUT2D eigenvalue weighted by molar-refractivity contribution is -0.262. The maximum Gasteiger partial charge on any atom is 0.472 e. The summed E-state index contributed by atoms with van der Waals surface area (Å²) in [5, 5.41) is 44.0. The molecule has 1 amide bonds. The lowest BCUT2D eigenvalue weighted by Crippen LogP contribution is -2.66. The molecule has 48 heavy (non-hydrogen) atoms. The molecule has 0 saturated carbocycles. The second-order valence-corrected chi connectivity index (χ2v) is 14.5. The van der Waals surface area contributed by atoms with Crippen LogP contribution in [0.15, 0.2) is 0 Å². The molecule has 1 aliphatic heterocycles. The van der Waals surface area contributed by atoms with Gasteiger partial charge in [-0.15, -0.1) is 0 Å². The molecule has 0 unspecified atom stereocenters. The van der Waals surface area contributed by atoms with Gasteiger partial charge in [-0.2, -0.15) is 0 Å². The Morgan fingerprint density at radius 2 is 1.19 bits per heavy atom. The Morgan fingerprint density at radius 3 is 1.62 bits per heavy atom. The van der Waals surface area contributed by atoms with E-state index in [1.165, 1.54) is 64.2 Å². The second kappa shape index (κ2) is 26.6. The van der Waals surface area contributed by atoms with E-state index in [0.29, 0.717) is 19.3 Å². The Kier molecular flexibility index (Phi) is 24.9. The van der Waals surface area contributed by atoms with Crippen molar-refractivity contribution in [1.29, 1.82) is 0 Å². The zero-order valence-corrected chi connectivity index (χ0v) is 30.3. The number of carbonyl (C=O) groups is 2. The van der Waals surface area contributed by atoms with Crippen molar-refractivity contribution in [1.82, 2.24) is 5.32 Å². The SMILES string of the molecule is CCCCCCCCCCC[C@@H](O)CC(=O)N[C@@H]1[C@H](O)[C@@H](CO)O[C@H](OP(=O)(O)O)[C@@H]1OC(=O)C[C@H](O)CCCCCCCCCCC. The molecule has 1 heterocycles. The number of nitrogens with one attached hydrogen (secondary N) is 1. The number of carbonyl (C=O) groups excluding carboxylic acids is 2. The van der Waals surface area contributed by atoms with Gasteiger partial charge in [0.15, 0.2) is 6.10 Å². The average Bonchev–Trinajstić information content (AvgIpc) is 3.01. The fourth-order valence-corrected chi connectivity index (χ4v) is 6.47. The molecule has 1 fully saturated rings. The third-order valence-corrected chi connectivity index (χ3v) is 9.28. The molecule has 0 aromatic rings. The van der Waals surface area contributed by atoms with Gasteiger partial charge in [0.05, 0.1) is 37.7 Å². The lowest BCUT2D eigenvalue weighted by atomic mass is 9.95. The smallest absolute Gasteiger partial charge is 0.455 e. The fourth-order valence-electron chi connectivity index (χ4n) is 6.03. The highest BCUT2D eigenvalue weighted by Gasteiger charge is 2.50. The number of hydrogen-bond acceptors (Lipinski definition) is 10. The van der Waals surface area contributed by atoms with Crippen LogP contribution in [0.5, 0.6) is 0 Å². The van der Waals surface area contributed by atoms with Crippen LogP contribution in [0.4, 0.5) is 0 Å². The van der Waals surface area contributed by atoms with Crippen LogP contribution in [-0.2, 0) is 28.2 Å². The summed E-state index contributed by atoms with van der Waals surface area (Å²) in [5.74, 6) is -1.66. The summed E-state index contributed by atoms with van der Waals surface area (Å²) in [5.41, 5.74) is 0. The molecule has 0 aromatic carbocycles. The third kappa shape index (κ3) is 21.2. The zero-order valence-electron chi connectivity index (χ0n) is 29.4. The van der Waals surface area contributed by atoms with Crippen molar-refractivity contribution in [2.45, 2.75) is 198 Å². The largest absolute Gasteiger partial charge is 0.472 e. The standard InChI is InChI=1S/C34H66NO12P/c1-3-5-7-9-11-13-15-17-19-21-26(37)23-29(39)35-31-32(41)28(25-36)45-34(47-48(42,43)44)33(31)46-30(40)24-27(38)22-20-18-16-14-12-10-8-6-4-2/h26-28,31-34,36-38,41H,3-25H2,1-2H3,(H,35,39)(H2,42,43,44)/t26-,27-,28-,31-,32-,33-,34-/m1/s1. The first-order valence-electron chi connectivity index (χ1n) is 18.4. The van der Waals surface area contributed by atoms with Crippen LogP contribution in [0, 0.1) is 0 Å². The number of ether oxygens (including phenoxy) is 2. The molecule has 7 N–H and O–H groups in total. The molecule has 1 rings (SSSR count). The Balaban J connectivity index is 2.70. The van der Waals surface area contributed by atoms with Crippen molar-refractivity contribution in [3.8, 4) is 0 Å². The van der Waals surface area contributed by atoms with Gasteiger partial charge in [0.2, 0.25) is 12.2 Å². The Hall–Kier alpha value is -1.15. The van der Waals surface area contributed by atoms with E-state index in [0.717, 1.165) is 44.9 Å². The average molecular weight is 712 g/mol. The van der Waals surface area contributed by atoms with Crippen molar-refractivity contribution in [2.24, 2.45) is 0 Å². The van der Waals surface area contributed by atoms with E-state index >= 15 is 0 Å². The fraction of sp³-hybridized carbons (Fsp3) is 0.941. The predicted octanol–water partition coefficient (Wildman–Crippen LogP) is 4.91. The number of amides is 1. The molecule has 284 valence electrons. The molecule has 14 heteroatoms. The number of phosphoric ester groups is 1. The highest BCUT2D eigenvalue weighted by Crippen LogP contribution is 2.41. The summed E-state index contributed by atoms with van der Waals surface area (Å²) in [7, 11) is -5.23. The summed E-state index contributed by atoms with van der Waals surface area (Å²) in [6, 6.07) is -1.50. The number of aliphatic hydroxyl groups excluding tert-OH is 4. The summed E-state index contributed by atoms with van der Waals surface area (Å²) in [4.78, 5) is 44.7. The van der Waals surface area contributed by atoms with E-state index in [-0.39, 0.29) is 6.42 Å². The number of unbranched alkanes of at least 4 members (excludes halogenated alkanes) is 16. The van der Waals surface area contributed by atoms with Crippen LogP contribution in [0.25, 0.3) is 0 Å². The van der Waals surface area contributed by atoms with E-state index in [1.807, 2.05) is 0 Å². The van der Waals surface area contributed by atoms with Crippen molar-refractivity contribution in [3.05, 3.63) is 0 Å². The second-order valence-electron chi connectivity index (χ2n) is 13.3. The minimum atomic E-state index is -5.23. The van der Waals surface area contributed by atoms with Gasteiger partial charge in [0.25, 0.3) is 0 Å². The van der Waals surface area contributed by atoms with E-state index in [4.69, 9.17) is 14.0 Å². The Morgan fingerprint density at radius 1 is 0.750 bits per heavy atom. The van der Waals surface area contributed by atoms with Gasteiger partial charge in [0.1, 0.15) is 12.2 Å². The molecule has 7 atom stereocenters. The van der Waals surface area contributed by atoms with Gasteiger partial charge in [0, 0.05) is 0 Å². The van der Waals surface area contributed by atoms with Gasteiger partial charge in [-0.1, -0.05) is 129 Å². The summed E-state index contributed by atoms with van der Waals surface area (Å²) in [6.07, 6.45) is 11.0. The first-order chi connectivity index (χ1) is 22.9. The van der Waals surface area contributed by atoms with Crippen molar-refractivity contribution < 1.29 is 58.4 Å². The molecule has 0 bridgehead atoms. The van der Waals surface area contributed by atoms with Crippen LogP contribution >= 0.6 is 7.82 Å². The molecule has 0 radical (unpaired) electrons. The third-order valence-electron chi connectivity index (χ3n) is 8.80. The van der Waals surface area contributed by atoms with Gasteiger partial charge < -0.3 is 45.0 Å². The molecule has 0 aliphatic carbocycles. The van der Waals surface area contributed by atoms with E-state index in [2.05, 4.69) is 19.2 Å². The highest BCUT2D eigenvalue weighted by molar-refractivity contribution is 7.46. The summed E-state index contributed by atoms with van der Waals surface area (Å²) in [6.45, 7) is 3.56. The van der Waals surface area contributed by atoms with E-state index < -0.39 is 75.6 Å². The molecular weight excluding hydrogens is 645 g/mol. The number of aliphatic hydroxyl groups is 4. The Labute approximate surface area is 287 Å². The minimum Gasteiger partial charge on any atom is -0.455 e. The normalized spacial score (nSPS) is 22.7. The quantitative estimate of drug-likeness (QED) is 0.0313. The topological polar surface area (TPSA) is 212 Å². The van der Waals surface area contributed by atoms with E-state index in [1.54, 1.807) is 0 Å². The van der Waals surface area contributed by atoms with Crippen LogP contribution < -0.4 is 5.32 Å². The first-order valence-corrected chi connectivity index (χ1v) is 20.0. The van der Waals surface area contributed by atoms with Crippen molar-refractivity contribution in [3.63, 3.8) is 0 Å². The molecule has 0 aromatic heterocycles. The zero-order chi connectivity index (χ0) is 35.8. The number of phosphoric acid groups is 1. The Bertz CT molecular complexity index is 890. The predicted molar refractivity (Wildman–Crippen MR) is 182 cm³/mol. The van der Waals surface area contributed by atoms with E-state index in [9.17, 15) is 44.4 Å². The highest BCUT2D eigenvalue weighted by atomic mass is 31.2. The van der Waals surface area contributed by atoms with Crippen LogP contribution in [-0.4, -0.2) is 91.5 Å². The lowest BCUT2D eigenvalue weighted by Gasteiger charge is -2.43. The van der Waals surface area contributed by atoms with Gasteiger partial charge in [-0.3, -0.25) is 14.1 Å². The maximum absolute atomic E-state index is 12.9. The van der Waals surface area contributed by atoms with Crippen molar-refractivity contribution in [2.75, 3.05) is 6.61 Å². The molecule has 13 nitrogen and oxygen atoms in total. The minimum absolute atomic E-state index is 0.326. The van der Waals surface area contributed by atoms with Crippen molar-refractivity contribution >= 4 is 19.7 Å². The maximum atomic E-state index is 12.9. The van der Waals surface area contributed by atoms with Gasteiger partial charge in [-0.25, -0.2) is 4.57 Å². The van der Waals surface area contributed by atoms with Crippen LogP contribution in [0.2, 0.25) is 0 Å². The molecule has 0 spiro atoms. The molecule has 1 saturated heterocycles. The molecule has 1 aliphatic rings. The summed E-state index contributed by atoms with van der Waals surface area (Å²) >= 11 is 0. The number of hydrogen-bond donors (Lipinski definition) is 7.